The summed E-state index contributed by atoms with van der Waals surface area (Å²) in [7, 11) is 0. The van der Waals surface area contributed by atoms with Crippen LogP contribution in [-0.2, 0) is 4.74 Å². The van der Waals surface area contributed by atoms with E-state index in [1.54, 1.807) is 0 Å². The maximum absolute atomic E-state index is 6.04. The Morgan fingerprint density at radius 3 is 2.60 bits per heavy atom. The summed E-state index contributed by atoms with van der Waals surface area (Å²) in [4.78, 5) is 0. The molecule has 15 heavy (non-hydrogen) atoms. The molecule has 1 saturated heterocycles. The summed E-state index contributed by atoms with van der Waals surface area (Å²) < 4.78 is 5.48. The lowest BCUT2D eigenvalue weighted by Gasteiger charge is -2.04. The highest BCUT2D eigenvalue weighted by molar-refractivity contribution is 6.37. The van der Waals surface area contributed by atoms with E-state index in [2.05, 4.69) is 0 Å². The van der Waals surface area contributed by atoms with Crippen molar-refractivity contribution in [2.24, 2.45) is 0 Å². The molecule has 1 heterocycles. The van der Waals surface area contributed by atoms with E-state index in [0.29, 0.717) is 10.0 Å². The third-order valence-electron chi connectivity index (χ3n) is 2.44. The van der Waals surface area contributed by atoms with Crippen LogP contribution in [0.4, 0.5) is 0 Å². The molecule has 1 unspecified atom stereocenters. The second-order valence-corrected chi connectivity index (χ2v) is 4.36. The molecule has 0 amide bonds. The average molecular weight is 243 g/mol. The first-order valence-corrected chi connectivity index (χ1v) is 5.77. The Morgan fingerprint density at radius 1 is 1.27 bits per heavy atom. The summed E-state index contributed by atoms with van der Waals surface area (Å²) in [5.41, 5.74) is 0.872. The van der Waals surface area contributed by atoms with Gasteiger partial charge in [-0.1, -0.05) is 41.4 Å². The Balaban J connectivity index is 2.15. The van der Waals surface area contributed by atoms with Crippen molar-refractivity contribution in [3.63, 3.8) is 0 Å². The molecule has 1 aliphatic rings. The van der Waals surface area contributed by atoms with Gasteiger partial charge in [0.2, 0.25) is 0 Å². The van der Waals surface area contributed by atoms with Crippen molar-refractivity contribution in [1.82, 2.24) is 0 Å². The maximum Gasteiger partial charge on any atom is 0.0759 e. The Bertz CT molecular complexity index is 348. The summed E-state index contributed by atoms with van der Waals surface area (Å²) in [6, 6.07) is 5.51. The molecule has 1 nitrogen and oxygen atoms in total. The van der Waals surface area contributed by atoms with Gasteiger partial charge in [0.1, 0.15) is 0 Å². The molecule has 1 aliphatic heterocycles. The zero-order valence-electron chi connectivity index (χ0n) is 8.25. The van der Waals surface area contributed by atoms with Crippen molar-refractivity contribution in [3.05, 3.63) is 39.9 Å². The third kappa shape index (κ3) is 2.75. The van der Waals surface area contributed by atoms with Crippen molar-refractivity contribution in [3.8, 4) is 0 Å². The predicted octanol–water partition coefficient (Wildman–Crippen LogP) is 4.19. The van der Waals surface area contributed by atoms with Crippen molar-refractivity contribution in [2.75, 3.05) is 6.61 Å². The summed E-state index contributed by atoms with van der Waals surface area (Å²) in [5, 5.41) is 1.36. The number of hydrogen-bond acceptors (Lipinski definition) is 1. The summed E-state index contributed by atoms with van der Waals surface area (Å²) >= 11 is 12.1. The van der Waals surface area contributed by atoms with Gasteiger partial charge in [-0.2, -0.15) is 0 Å². The molecule has 1 atom stereocenters. The molecule has 80 valence electrons. The predicted molar refractivity (Wildman–Crippen MR) is 64.5 cm³/mol. The molecule has 1 aromatic carbocycles. The van der Waals surface area contributed by atoms with Crippen LogP contribution in [0, 0.1) is 0 Å². The van der Waals surface area contributed by atoms with E-state index in [1.807, 2.05) is 30.4 Å². The molecule has 0 N–H and O–H groups in total. The quantitative estimate of drug-likeness (QED) is 0.756. The summed E-state index contributed by atoms with van der Waals surface area (Å²) in [5.74, 6) is 0. The smallest absolute Gasteiger partial charge is 0.0759 e. The number of benzene rings is 1. The number of ether oxygens (including phenoxy) is 1. The fourth-order valence-corrected chi connectivity index (χ4v) is 2.15. The van der Waals surface area contributed by atoms with Gasteiger partial charge in [0.05, 0.1) is 6.10 Å². The molecular formula is C12H12Cl2O. The molecule has 3 heteroatoms. The minimum absolute atomic E-state index is 0.220. The molecule has 0 bridgehead atoms. The molecular weight excluding hydrogens is 231 g/mol. The maximum atomic E-state index is 6.04. The van der Waals surface area contributed by atoms with Crippen LogP contribution in [0.15, 0.2) is 24.3 Å². The highest BCUT2D eigenvalue weighted by atomic mass is 35.5. The van der Waals surface area contributed by atoms with Crippen LogP contribution < -0.4 is 0 Å². The Labute approximate surface area is 99.6 Å². The van der Waals surface area contributed by atoms with E-state index in [4.69, 9.17) is 27.9 Å². The molecule has 2 rings (SSSR count). The molecule has 0 spiro atoms. The van der Waals surface area contributed by atoms with Crippen LogP contribution in [0.2, 0.25) is 10.0 Å². The van der Waals surface area contributed by atoms with Crippen molar-refractivity contribution < 1.29 is 4.74 Å². The van der Waals surface area contributed by atoms with Crippen molar-refractivity contribution >= 4 is 29.3 Å². The van der Waals surface area contributed by atoms with Gasteiger partial charge < -0.3 is 4.74 Å². The number of rotatable bonds is 2. The minimum atomic E-state index is 0.220. The largest absolute Gasteiger partial charge is 0.374 e. The van der Waals surface area contributed by atoms with Gasteiger partial charge in [-0.3, -0.25) is 0 Å². The van der Waals surface area contributed by atoms with Gasteiger partial charge >= 0.3 is 0 Å². The van der Waals surface area contributed by atoms with Gasteiger partial charge in [-0.15, -0.1) is 0 Å². The fraction of sp³-hybridized carbons (Fsp3) is 0.333. The average Bonchev–Trinajstić information content (AvgIpc) is 2.70. The monoisotopic (exact) mass is 242 g/mol. The lowest BCUT2D eigenvalue weighted by atomic mass is 10.1. The first-order chi connectivity index (χ1) is 7.27. The highest BCUT2D eigenvalue weighted by Gasteiger charge is 2.12. The Morgan fingerprint density at radius 2 is 2.00 bits per heavy atom. The normalized spacial score (nSPS) is 21.3. The van der Waals surface area contributed by atoms with E-state index in [-0.39, 0.29) is 6.10 Å². The first kappa shape index (κ1) is 11.0. The van der Waals surface area contributed by atoms with Gasteiger partial charge in [-0.05, 0) is 25.0 Å². The van der Waals surface area contributed by atoms with Crippen molar-refractivity contribution in [1.29, 1.82) is 0 Å². The lowest BCUT2D eigenvalue weighted by molar-refractivity contribution is 0.146. The number of halogens is 2. The van der Waals surface area contributed by atoms with E-state index in [9.17, 15) is 0 Å². The van der Waals surface area contributed by atoms with Gasteiger partial charge in [-0.25, -0.2) is 0 Å². The van der Waals surface area contributed by atoms with Crippen LogP contribution in [0.25, 0.3) is 6.08 Å². The topological polar surface area (TPSA) is 9.23 Å². The highest BCUT2D eigenvalue weighted by Crippen LogP contribution is 2.26. The Hall–Kier alpha value is -0.500. The van der Waals surface area contributed by atoms with Crippen molar-refractivity contribution in [2.45, 2.75) is 18.9 Å². The third-order valence-corrected chi connectivity index (χ3v) is 3.10. The van der Waals surface area contributed by atoms with Gasteiger partial charge in [0, 0.05) is 22.2 Å². The zero-order chi connectivity index (χ0) is 10.7. The van der Waals surface area contributed by atoms with Crippen LogP contribution in [0.3, 0.4) is 0 Å². The van der Waals surface area contributed by atoms with E-state index >= 15 is 0 Å². The van der Waals surface area contributed by atoms with E-state index in [1.165, 1.54) is 0 Å². The first-order valence-electron chi connectivity index (χ1n) is 5.01. The van der Waals surface area contributed by atoms with Crippen LogP contribution in [0.5, 0.6) is 0 Å². The second kappa shape index (κ2) is 5.02. The van der Waals surface area contributed by atoms with E-state index in [0.717, 1.165) is 25.0 Å². The second-order valence-electron chi connectivity index (χ2n) is 3.55. The molecule has 1 aromatic rings. The molecule has 0 saturated carbocycles. The molecule has 0 aliphatic carbocycles. The van der Waals surface area contributed by atoms with E-state index < -0.39 is 0 Å². The fourth-order valence-electron chi connectivity index (χ4n) is 1.63. The SMILES string of the molecule is Clc1cccc(Cl)c1/C=C/C1CCCO1. The molecule has 0 aromatic heterocycles. The van der Waals surface area contributed by atoms with Crippen LogP contribution in [0.1, 0.15) is 18.4 Å². The summed E-state index contributed by atoms with van der Waals surface area (Å²) in [6.45, 7) is 0.852. The number of hydrogen-bond donors (Lipinski definition) is 0. The standard InChI is InChI=1S/C12H12Cl2O/c13-11-4-1-5-12(14)10(11)7-6-9-3-2-8-15-9/h1,4-7,9H,2-3,8H2/b7-6+. The minimum Gasteiger partial charge on any atom is -0.374 e. The Kier molecular flexibility index (Phi) is 3.68. The van der Waals surface area contributed by atoms with Crippen LogP contribution in [-0.4, -0.2) is 12.7 Å². The van der Waals surface area contributed by atoms with Gasteiger partial charge in [0.25, 0.3) is 0 Å². The van der Waals surface area contributed by atoms with Crippen LogP contribution >= 0.6 is 23.2 Å². The lowest BCUT2D eigenvalue weighted by Crippen LogP contribution is -1.98. The summed E-state index contributed by atoms with van der Waals surface area (Å²) in [6.07, 6.45) is 6.40. The zero-order valence-corrected chi connectivity index (χ0v) is 9.76. The molecule has 1 fully saturated rings. The molecule has 0 radical (unpaired) electrons. The van der Waals surface area contributed by atoms with Gasteiger partial charge in [0.15, 0.2) is 0 Å².